The van der Waals surface area contributed by atoms with Crippen LogP contribution in [-0.2, 0) is 25.4 Å². The van der Waals surface area contributed by atoms with Gasteiger partial charge in [0.2, 0.25) is 0 Å². The maximum Gasteiger partial charge on any atom is 0.187 e. The summed E-state index contributed by atoms with van der Waals surface area (Å²) in [5.74, 6) is -1.38. The van der Waals surface area contributed by atoms with E-state index in [1.165, 1.54) is 24.3 Å². The molecule has 2 aromatic carbocycles. The number of aliphatic hydroxyl groups excluding tert-OH is 7. The van der Waals surface area contributed by atoms with E-state index in [0.717, 1.165) is 6.07 Å². The van der Waals surface area contributed by atoms with E-state index in [1.54, 1.807) is 0 Å². The first kappa shape index (κ1) is 31.4. The largest absolute Gasteiger partial charge is 0.508 e. The van der Waals surface area contributed by atoms with Crippen LogP contribution in [0.2, 0.25) is 0 Å². The van der Waals surface area contributed by atoms with Crippen molar-refractivity contribution in [3.63, 3.8) is 0 Å². The lowest BCUT2D eigenvalue weighted by Crippen LogP contribution is -2.65. The number of aliphatic hydroxyl groups is 7. The van der Waals surface area contributed by atoms with E-state index in [1.807, 2.05) is 0 Å². The molecule has 0 spiro atoms. The summed E-state index contributed by atoms with van der Waals surface area (Å²) in [7, 11) is 0. The van der Waals surface area contributed by atoms with Crippen LogP contribution in [0.15, 0.2) is 30.3 Å². The third kappa shape index (κ3) is 6.04. The van der Waals surface area contributed by atoms with Gasteiger partial charge in [0.05, 0.1) is 13.2 Å². The van der Waals surface area contributed by atoms with E-state index in [2.05, 4.69) is 0 Å². The molecule has 3 heterocycles. The van der Waals surface area contributed by atoms with Crippen LogP contribution in [-0.4, -0.2) is 137 Å². The van der Waals surface area contributed by atoms with Crippen molar-refractivity contribution in [2.24, 2.45) is 0 Å². The van der Waals surface area contributed by atoms with Gasteiger partial charge in [0.15, 0.2) is 30.2 Å². The zero-order chi connectivity index (χ0) is 31.2. The molecule has 16 heteroatoms. The first-order valence-electron chi connectivity index (χ1n) is 13.4. The second kappa shape index (κ2) is 12.5. The van der Waals surface area contributed by atoms with E-state index in [-0.39, 0.29) is 29.2 Å². The van der Waals surface area contributed by atoms with Gasteiger partial charge >= 0.3 is 0 Å². The molecular formula is C27H34O16. The molecule has 2 fully saturated rings. The van der Waals surface area contributed by atoms with Crippen LogP contribution in [0.5, 0.6) is 28.7 Å². The molecule has 3 aliphatic heterocycles. The minimum atomic E-state index is -1.85. The van der Waals surface area contributed by atoms with Crippen LogP contribution < -0.4 is 4.74 Å². The van der Waals surface area contributed by atoms with Gasteiger partial charge in [-0.15, -0.1) is 0 Å². The van der Waals surface area contributed by atoms with Gasteiger partial charge in [-0.1, -0.05) is 6.07 Å². The van der Waals surface area contributed by atoms with Crippen molar-refractivity contribution in [1.82, 2.24) is 0 Å². The molecule has 5 rings (SSSR count). The van der Waals surface area contributed by atoms with Crippen LogP contribution in [0.1, 0.15) is 17.2 Å². The molecule has 0 radical (unpaired) electrons. The number of rotatable bonds is 7. The zero-order valence-electron chi connectivity index (χ0n) is 22.4. The first-order valence-corrected chi connectivity index (χ1v) is 13.4. The number of ether oxygens (including phenoxy) is 5. The maximum absolute atomic E-state index is 11.0. The molecule has 43 heavy (non-hydrogen) atoms. The van der Waals surface area contributed by atoms with Crippen molar-refractivity contribution in [2.75, 3.05) is 13.2 Å². The highest BCUT2D eigenvalue weighted by Crippen LogP contribution is 2.44. The predicted octanol–water partition coefficient (Wildman–Crippen LogP) is -2.81. The maximum atomic E-state index is 11.0. The number of hydrogen-bond acceptors (Lipinski definition) is 16. The molecule has 2 aromatic rings. The number of phenolic OH excluding ortho intramolecular Hbond substituents is 4. The van der Waals surface area contributed by atoms with Gasteiger partial charge < -0.3 is 79.9 Å². The Morgan fingerprint density at radius 3 is 2.00 bits per heavy atom. The fourth-order valence-corrected chi connectivity index (χ4v) is 5.41. The Bertz CT molecular complexity index is 1270. The summed E-state index contributed by atoms with van der Waals surface area (Å²) in [6, 6.07) is 6.19. The van der Waals surface area contributed by atoms with Crippen molar-refractivity contribution in [2.45, 2.75) is 80.0 Å². The molecule has 16 nitrogen and oxygen atoms in total. The standard InChI is InChI=1S/C27H34O16/c28-7-17-19(34)20(35)22(37)27(41-17)43-25-18(8-29)42-26(23(38)21(25)36)40-16-6-11-13(32)4-10(30)5-15(11)39-24(16)9-1-2-12(31)14(33)3-9/h1-5,16-38H,6-8H2/t16-,17+,18+,19+,20-,21+,22+,23+,24+,25+,26+,27+/m0/s1. The zero-order valence-corrected chi connectivity index (χ0v) is 22.4. The normalized spacial score (nSPS) is 37.8. The van der Waals surface area contributed by atoms with Crippen molar-refractivity contribution in [1.29, 1.82) is 0 Å². The molecule has 2 saturated heterocycles. The minimum Gasteiger partial charge on any atom is -0.508 e. The Labute approximate surface area is 243 Å². The fraction of sp³-hybridized carbons (Fsp3) is 0.556. The summed E-state index contributed by atoms with van der Waals surface area (Å²) in [6.07, 6.45) is -18.8. The molecule has 0 saturated carbocycles. The van der Waals surface area contributed by atoms with Crippen molar-refractivity contribution < 1.29 is 79.9 Å². The molecule has 11 N–H and O–H groups in total. The lowest BCUT2D eigenvalue weighted by molar-refractivity contribution is -0.364. The Kier molecular flexibility index (Phi) is 9.17. The lowest BCUT2D eigenvalue weighted by atomic mass is 9.93. The molecule has 3 aliphatic rings. The van der Waals surface area contributed by atoms with Crippen LogP contribution in [0.3, 0.4) is 0 Å². The van der Waals surface area contributed by atoms with Gasteiger partial charge in [-0.2, -0.15) is 0 Å². The topological polar surface area (TPSA) is 269 Å². The number of hydrogen-bond donors (Lipinski definition) is 11. The summed E-state index contributed by atoms with van der Waals surface area (Å²) >= 11 is 0. The molecule has 0 bridgehead atoms. The second-order valence-electron chi connectivity index (χ2n) is 10.6. The van der Waals surface area contributed by atoms with Crippen LogP contribution in [0, 0.1) is 0 Å². The average molecular weight is 615 g/mol. The number of fused-ring (bicyclic) bond motifs is 1. The first-order chi connectivity index (χ1) is 20.4. The third-order valence-corrected chi connectivity index (χ3v) is 7.76. The van der Waals surface area contributed by atoms with E-state index in [4.69, 9.17) is 23.7 Å². The predicted molar refractivity (Wildman–Crippen MR) is 138 cm³/mol. The highest BCUT2D eigenvalue weighted by Gasteiger charge is 2.51. The molecular weight excluding hydrogens is 580 g/mol. The van der Waals surface area contributed by atoms with Crippen molar-refractivity contribution in [3.05, 3.63) is 41.5 Å². The van der Waals surface area contributed by atoms with E-state index in [0.29, 0.717) is 5.56 Å². The SMILES string of the molecule is OC[C@H]1O[C@H](O[C@H]2[C@H](O)[C@@H](O)[C@H](O[C@H]3Cc4c(O)cc(O)cc4O[C@@H]3c3ccc(O)c(O)c3)O[C@@H]2CO)[C@H](O)[C@@H](O)[C@@H]1O. The third-order valence-electron chi connectivity index (χ3n) is 7.76. The van der Waals surface area contributed by atoms with E-state index in [9.17, 15) is 56.2 Å². The Morgan fingerprint density at radius 1 is 0.674 bits per heavy atom. The van der Waals surface area contributed by atoms with Crippen molar-refractivity contribution >= 4 is 0 Å². The quantitative estimate of drug-likeness (QED) is 0.141. The molecule has 238 valence electrons. The number of benzene rings is 2. The van der Waals surface area contributed by atoms with Crippen molar-refractivity contribution in [3.8, 4) is 28.7 Å². The smallest absolute Gasteiger partial charge is 0.187 e. The summed E-state index contributed by atoms with van der Waals surface area (Å²) in [5, 5.41) is 112. The van der Waals surface area contributed by atoms with Gasteiger partial charge in [-0.05, 0) is 17.7 Å². The van der Waals surface area contributed by atoms with E-state index < -0.39 is 98.3 Å². The number of aromatic hydroxyl groups is 4. The molecule has 0 aliphatic carbocycles. The monoisotopic (exact) mass is 614 g/mol. The molecule has 12 atom stereocenters. The fourth-order valence-electron chi connectivity index (χ4n) is 5.41. The summed E-state index contributed by atoms with van der Waals surface area (Å²) < 4.78 is 28.6. The minimum absolute atomic E-state index is 0.0784. The number of phenols is 4. The van der Waals surface area contributed by atoms with Gasteiger partial charge in [-0.3, -0.25) is 0 Å². The van der Waals surface area contributed by atoms with Crippen LogP contribution in [0.25, 0.3) is 0 Å². The summed E-state index contributed by atoms with van der Waals surface area (Å²) in [5.41, 5.74) is 0.526. The Hall–Kier alpha value is -3.00. The van der Waals surface area contributed by atoms with Gasteiger partial charge in [0.1, 0.15) is 72.2 Å². The van der Waals surface area contributed by atoms with Gasteiger partial charge in [-0.25, -0.2) is 0 Å². The van der Waals surface area contributed by atoms with Crippen LogP contribution in [0.4, 0.5) is 0 Å². The second-order valence-corrected chi connectivity index (χ2v) is 10.6. The molecule has 0 amide bonds. The summed E-state index contributed by atoms with van der Waals surface area (Å²) in [4.78, 5) is 0. The van der Waals surface area contributed by atoms with E-state index >= 15 is 0 Å². The molecule has 0 unspecified atom stereocenters. The van der Waals surface area contributed by atoms with Gasteiger partial charge in [0, 0.05) is 24.1 Å². The Morgan fingerprint density at radius 2 is 1.33 bits per heavy atom. The Balaban J connectivity index is 1.38. The highest BCUT2D eigenvalue weighted by molar-refractivity contribution is 5.52. The molecule has 0 aromatic heterocycles. The van der Waals surface area contributed by atoms with Crippen LogP contribution >= 0.6 is 0 Å². The summed E-state index contributed by atoms with van der Waals surface area (Å²) in [6.45, 7) is -1.52. The highest BCUT2D eigenvalue weighted by atomic mass is 16.7. The lowest BCUT2D eigenvalue weighted by Gasteiger charge is -2.47. The van der Waals surface area contributed by atoms with Gasteiger partial charge in [0.25, 0.3) is 0 Å². The average Bonchev–Trinajstić information content (AvgIpc) is 2.98.